The fourth-order valence-electron chi connectivity index (χ4n) is 3.21. The van der Waals surface area contributed by atoms with Crippen molar-refractivity contribution in [2.24, 2.45) is 0 Å². The smallest absolute Gasteiger partial charge is 0.255 e. The van der Waals surface area contributed by atoms with E-state index >= 15 is 0 Å². The van der Waals surface area contributed by atoms with E-state index < -0.39 is 0 Å². The van der Waals surface area contributed by atoms with Crippen LogP contribution in [0.15, 0.2) is 30.3 Å². The zero-order valence-corrected chi connectivity index (χ0v) is 14.8. The number of rotatable bonds is 4. The molecule has 9 nitrogen and oxygen atoms in total. The van der Waals surface area contributed by atoms with Gasteiger partial charge >= 0.3 is 0 Å². The van der Waals surface area contributed by atoms with Gasteiger partial charge in [0.2, 0.25) is 5.82 Å². The summed E-state index contributed by atoms with van der Waals surface area (Å²) >= 11 is 0. The quantitative estimate of drug-likeness (QED) is 0.745. The molecule has 0 aliphatic carbocycles. The lowest BCUT2D eigenvalue weighted by molar-refractivity contribution is 0.0707. The number of carbonyl (C=O) groups is 1. The Hall–Kier alpha value is -3.07. The van der Waals surface area contributed by atoms with E-state index in [1.807, 2.05) is 41.9 Å². The number of tetrazole rings is 1. The van der Waals surface area contributed by atoms with Gasteiger partial charge in [-0.3, -0.25) is 9.48 Å². The van der Waals surface area contributed by atoms with E-state index in [2.05, 4.69) is 36.7 Å². The molecule has 0 unspecified atom stereocenters. The van der Waals surface area contributed by atoms with Crippen LogP contribution in [0.1, 0.15) is 21.7 Å². The van der Waals surface area contributed by atoms with Crippen molar-refractivity contribution in [3.63, 3.8) is 0 Å². The van der Waals surface area contributed by atoms with E-state index in [9.17, 15) is 4.79 Å². The lowest BCUT2D eigenvalue weighted by Gasteiger charge is -2.28. The van der Waals surface area contributed by atoms with Crippen LogP contribution in [0.25, 0.3) is 11.4 Å². The first kappa shape index (κ1) is 16.4. The summed E-state index contributed by atoms with van der Waals surface area (Å²) in [6.07, 6.45) is 0. The molecule has 2 aromatic heterocycles. The molecule has 4 rings (SSSR count). The molecule has 0 fully saturated rings. The summed E-state index contributed by atoms with van der Waals surface area (Å²) in [6, 6.07) is 9.42. The molecule has 1 aromatic carbocycles. The first-order valence-corrected chi connectivity index (χ1v) is 8.44. The number of H-pyrrole nitrogens is 1. The van der Waals surface area contributed by atoms with Gasteiger partial charge in [-0.1, -0.05) is 18.2 Å². The molecule has 1 N–H and O–H groups in total. The summed E-state index contributed by atoms with van der Waals surface area (Å²) in [5.74, 6) is 0.385. The minimum Gasteiger partial charge on any atom is -0.331 e. The van der Waals surface area contributed by atoms with Gasteiger partial charge < -0.3 is 9.80 Å². The van der Waals surface area contributed by atoms with Crippen LogP contribution in [0.5, 0.6) is 0 Å². The third kappa shape index (κ3) is 3.08. The Bertz CT molecular complexity index is 915. The highest BCUT2D eigenvalue weighted by molar-refractivity contribution is 6.00. The third-order valence-corrected chi connectivity index (χ3v) is 4.36. The van der Waals surface area contributed by atoms with Gasteiger partial charge in [0.1, 0.15) is 0 Å². The number of fused-ring (bicyclic) bond motifs is 1. The molecule has 9 heteroatoms. The number of aromatic amines is 1. The normalized spacial score (nSPS) is 13.9. The zero-order chi connectivity index (χ0) is 18.1. The molecule has 0 radical (unpaired) electrons. The van der Waals surface area contributed by atoms with Crippen LogP contribution >= 0.6 is 0 Å². The SMILES string of the molecule is CN(C)Cc1cc2n(n1)CCN(C(=O)c1ccccc1-c1nn[nH]n1)C2. The lowest BCUT2D eigenvalue weighted by Crippen LogP contribution is -2.38. The Morgan fingerprint density at radius 1 is 1.27 bits per heavy atom. The Kier molecular flexibility index (Phi) is 4.21. The number of nitrogens with zero attached hydrogens (tertiary/aromatic N) is 7. The van der Waals surface area contributed by atoms with Crippen LogP contribution in [0, 0.1) is 0 Å². The first-order valence-electron chi connectivity index (χ1n) is 8.44. The maximum absolute atomic E-state index is 13.1. The Morgan fingerprint density at radius 3 is 2.88 bits per heavy atom. The van der Waals surface area contributed by atoms with Crippen molar-refractivity contribution in [1.82, 2.24) is 40.2 Å². The summed E-state index contributed by atoms with van der Waals surface area (Å²) in [5, 5.41) is 18.7. The molecular weight excluding hydrogens is 332 g/mol. The predicted molar refractivity (Wildman–Crippen MR) is 94.0 cm³/mol. The van der Waals surface area contributed by atoms with E-state index in [0.29, 0.717) is 36.6 Å². The van der Waals surface area contributed by atoms with E-state index in [4.69, 9.17) is 0 Å². The maximum Gasteiger partial charge on any atom is 0.255 e. The first-order chi connectivity index (χ1) is 12.6. The minimum absolute atomic E-state index is 0.0352. The Morgan fingerprint density at radius 2 is 2.12 bits per heavy atom. The van der Waals surface area contributed by atoms with Gasteiger partial charge in [0, 0.05) is 18.7 Å². The van der Waals surface area contributed by atoms with E-state index in [1.54, 1.807) is 6.07 Å². The number of nitrogens with one attached hydrogen (secondary N) is 1. The minimum atomic E-state index is -0.0352. The van der Waals surface area contributed by atoms with Crippen molar-refractivity contribution in [2.45, 2.75) is 19.6 Å². The number of amides is 1. The van der Waals surface area contributed by atoms with Gasteiger partial charge in [-0.2, -0.15) is 10.3 Å². The summed E-state index contributed by atoms with van der Waals surface area (Å²) in [6.45, 7) is 2.64. The van der Waals surface area contributed by atoms with Crippen molar-refractivity contribution in [1.29, 1.82) is 0 Å². The molecule has 0 saturated carbocycles. The average molecular weight is 352 g/mol. The van der Waals surface area contributed by atoms with Crippen molar-refractivity contribution >= 4 is 5.91 Å². The summed E-state index contributed by atoms with van der Waals surface area (Å²) in [4.78, 5) is 17.0. The highest BCUT2D eigenvalue weighted by Crippen LogP contribution is 2.23. The van der Waals surface area contributed by atoms with Crippen molar-refractivity contribution in [3.05, 3.63) is 47.3 Å². The van der Waals surface area contributed by atoms with Crippen LogP contribution in [0.2, 0.25) is 0 Å². The van der Waals surface area contributed by atoms with Crippen LogP contribution in [0.4, 0.5) is 0 Å². The maximum atomic E-state index is 13.1. The molecule has 26 heavy (non-hydrogen) atoms. The average Bonchev–Trinajstić information content (AvgIpc) is 3.29. The van der Waals surface area contributed by atoms with Crippen LogP contribution < -0.4 is 0 Å². The van der Waals surface area contributed by atoms with Crippen molar-refractivity contribution in [2.75, 3.05) is 20.6 Å². The topological polar surface area (TPSA) is 95.8 Å². The third-order valence-electron chi connectivity index (χ3n) is 4.36. The summed E-state index contributed by atoms with van der Waals surface area (Å²) in [5.41, 5.74) is 3.33. The second-order valence-electron chi connectivity index (χ2n) is 6.60. The highest BCUT2D eigenvalue weighted by atomic mass is 16.2. The predicted octanol–water partition coefficient (Wildman–Crippen LogP) is 0.781. The van der Waals surface area contributed by atoms with Crippen molar-refractivity contribution in [3.8, 4) is 11.4 Å². The molecule has 0 atom stereocenters. The summed E-state index contributed by atoms with van der Waals surface area (Å²) < 4.78 is 1.99. The number of hydrogen-bond acceptors (Lipinski definition) is 6. The highest BCUT2D eigenvalue weighted by Gasteiger charge is 2.25. The van der Waals surface area contributed by atoms with Gasteiger partial charge in [0.25, 0.3) is 5.91 Å². The molecule has 0 saturated heterocycles. The molecule has 3 heterocycles. The Labute approximate surface area is 150 Å². The van der Waals surface area contributed by atoms with E-state index in [-0.39, 0.29) is 5.91 Å². The van der Waals surface area contributed by atoms with Gasteiger partial charge in [0.15, 0.2) is 0 Å². The standard InChI is InChI=1S/C17H20N8O/c1-23(2)10-12-9-13-11-24(7-8-25(13)20-12)17(26)15-6-4-3-5-14(15)16-18-21-22-19-16/h3-6,9H,7-8,10-11H2,1-2H3,(H,18,19,21,22). The second-order valence-corrected chi connectivity index (χ2v) is 6.60. The van der Waals surface area contributed by atoms with Gasteiger partial charge in [-0.05, 0) is 31.4 Å². The second kappa shape index (κ2) is 6.68. The number of benzene rings is 1. The number of hydrogen-bond donors (Lipinski definition) is 1. The van der Waals surface area contributed by atoms with Crippen molar-refractivity contribution < 1.29 is 4.79 Å². The number of aromatic nitrogens is 6. The van der Waals surface area contributed by atoms with Crippen LogP contribution in [-0.4, -0.2) is 66.8 Å². The monoisotopic (exact) mass is 352 g/mol. The fourth-order valence-corrected chi connectivity index (χ4v) is 3.21. The molecule has 3 aromatic rings. The summed E-state index contributed by atoms with van der Waals surface area (Å²) in [7, 11) is 4.03. The zero-order valence-electron chi connectivity index (χ0n) is 14.8. The molecular formula is C17H20N8O. The van der Waals surface area contributed by atoms with Crippen LogP contribution in [-0.2, 0) is 19.6 Å². The van der Waals surface area contributed by atoms with Gasteiger partial charge in [-0.15, -0.1) is 10.2 Å². The molecule has 0 bridgehead atoms. The lowest BCUT2D eigenvalue weighted by atomic mass is 10.1. The van der Waals surface area contributed by atoms with Crippen LogP contribution in [0.3, 0.4) is 0 Å². The molecule has 0 spiro atoms. The number of carbonyl (C=O) groups excluding carboxylic acids is 1. The molecule has 134 valence electrons. The Balaban J connectivity index is 1.58. The van der Waals surface area contributed by atoms with E-state index in [1.165, 1.54) is 0 Å². The van der Waals surface area contributed by atoms with E-state index in [0.717, 1.165) is 17.9 Å². The largest absolute Gasteiger partial charge is 0.331 e. The molecule has 1 amide bonds. The van der Waals surface area contributed by atoms with Gasteiger partial charge in [0.05, 0.1) is 30.0 Å². The van der Waals surface area contributed by atoms with Gasteiger partial charge in [-0.25, -0.2) is 0 Å². The molecule has 1 aliphatic rings. The fraction of sp³-hybridized carbons (Fsp3) is 0.353. The molecule has 1 aliphatic heterocycles.